The van der Waals surface area contributed by atoms with E-state index in [2.05, 4.69) is 4.99 Å². The number of aliphatic imine (C=N–C) groups is 1. The van der Waals surface area contributed by atoms with Crippen LogP contribution in [0.1, 0.15) is 31.0 Å². The molecular formula is C12H15NO. The molecule has 0 spiro atoms. The Labute approximate surface area is 84.7 Å². The lowest BCUT2D eigenvalue weighted by atomic mass is 9.96. The van der Waals surface area contributed by atoms with Crippen molar-refractivity contribution in [1.29, 1.82) is 0 Å². The minimum atomic E-state index is -0.0619. The summed E-state index contributed by atoms with van der Waals surface area (Å²) in [5, 5.41) is 0. The Kier molecular flexibility index (Phi) is 3.61. The minimum absolute atomic E-state index is 0.0619. The van der Waals surface area contributed by atoms with Gasteiger partial charge in [-0.25, -0.2) is 4.79 Å². The van der Waals surface area contributed by atoms with Crippen LogP contribution >= 0.6 is 0 Å². The number of nitrogens with zero attached hydrogens (tertiary/aromatic N) is 1. The Hall–Kier alpha value is -1.40. The molecule has 1 atom stereocenters. The van der Waals surface area contributed by atoms with Gasteiger partial charge in [0.15, 0.2) is 0 Å². The molecule has 1 rings (SSSR count). The SMILES string of the molecule is Cc1ccc(C(N=C=O)C(C)C)cc1. The zero-order valence-electron chi connectivity index (χ0n) is 8.82. The molecule has 0 N–H and O–H groups in total. The fraction of sp³-hybridized carbons (Fsp3) is 0.417. The predicted octanol–water partition coefficient (Wildman–Crippen LogP) is 3.03. The third-order valence-corrected chi connectivity index (χ3v) is 2.24. The quantitative estimate of drug-likeness (QED) is 0.531. The molecule has 1 aromatic carbocycles. The third kappa shape index (κ3) is 2.54. The number of isocyanates is 1. The normalized spacial score (nSPS) is 12.3. The van der Waals surface area contributed by atoms with E-state index in [9.17, 15) is 4.79 Å². The summed E-state index contributed by atoms with van der Waals surface area (Å²) in [6.45, 7) is 6.13. The molecule has 0 aliphatic heterocycles. The van der Waals surface area contributed by atoms with E-state index in [1.54, 1.807) is 6.08 Å². The summed E-state index contributed by atoms with van der Waals surface area (Å²) >= 11 is 0. The Morgan fingerprint density at radius 2 is 1.79 bits per heavy atom. The van der Waals surface area contributed by atoms with Gasteiger partial charge < -0.3 is 0 Å². The molecule has 2 nitrogen and oxygen atoms in total. The lowest BCUT2D eigenvalue weighted by molar-refractivity contribution is 0.502. The monoisotopic (exact) mass is 189 g/mol. The molecule has 0 saturated carbocycles. The summed E-state index contributed by atoms with van der Waals surface area (Å²) in [6.07, 6.45) is 1.64. The Balaban J connectivity index is 2.99. The van der Waals surface area contributed by atoms with E-state index < -0.39 is 0 Å². The van der Waals surface area contributed by atoms with Gasteiger partial charge in [-0.15, -0.1) is 0 Å². The molecular weight excluding hydrogens is 174 g/mol. The van der Waals surface area contributed by atoms with Crippen molar-refractivity contribution < 1.29 is 4.79 Å². The molecule has 0 aromatic heterocycles. The highest BCUT2D eigenvalue weighted by Crippen LogP contribution is 2.25. The third-order valence-electron chi connectivity index (χ3n) is 2.24. The summed E-state index contributed by atoms with van der Waals surface area (Å²) in [5.41, 5.74) is 2.29. The molecule has 0 aliphatic rings. The number of hydrogen-bond donors (Lipinski definition) is 0. The van der Waals surface area contributed by atoms with Crippen LogP contribution in [0.5, 0.6) is 0 Å². The molecule has 2 heteroatoms. The zero-order valence-corrected chi connectivity index (χ0v) is 8.82. The first-order chi connectivity index (χ1) is 6.65. The van der Waals surface area contributed by atoms with Gasteiger partial charge in [0, 0.05) is 0 Å². The summed E-state index contributed by atoms with van der Waals surface area (Å²) in [6, 6.07) is 8.03. The van der Waals surface area contributed by atoms with Gasteiger partial charge in [0.2, 0.25) is 6.08 Å². The number of aryl methyl sites for hydroxylation is 1. The highest BCUT2D eigenvalue weighted by atomic mass is 16.1. The highest BCUT2D eigenvalue weighted by molar-refractivity contribution is 5.36. The van der Waals surface area contributed by atoms with E-state index in [1.165, 1.54) is 5.56 Å². The van der Waals surface area contributed by atoms with Crippen LogP contribution in [0.2, 0.25) is 0 Å². The van der Waals surface area contributed by atoms with Crippen molar-refractivity contribution in [3.63, 3.8) is 0 Å². The van der Waals surface area contributed by atoms with Crippen LogP contribution in [0.3, 0.4) is 0 Å². The molecule has 14 heavy (non-hydrogen) atoms. The van der Waals surface area contributed by atoms with E-state index >= 15 is 0 Å². The van der Waals surface area contributed by atoms with E-state index in [0.29, 0.717) is 5.92 Å². The first-order valence-corrected chi connectivity index (χ1v) is 4.78. The highest BCUT2D eigenvalue weighted by Gasteiger charge is 2.13. The second-order valence-corrected chi connectivity index (χ2v) is 3.82. The molecule has 1 aromatic rings. The van der Waals surface area contributed by atoms with E-state index in [1.807, 2.05) is 45.0 Å². The van der Waals surface area contributed by atoms with Crippen molar-refractivity contribution in [1.82, 2.24) is 0 Å². The lowest BCUT2D eigenvalue weighted by Gasteiger charge is -2.14. The van der Waals surface area contributed by atoms with Crippen molar-refractivity contribution in [3.05, 3.63) is 35.4 Å². The van der Waals surface area contributed by atoms with Gasteiger partial charge in [-0.1, -0.05) is 43.7 Å². The van der Waals surface area contributed by atoms with Gasteiger partial charge in [-0.3, -0.25) is 0 Å². The van der Waals surface area contributed by atoms with Crippen LogP contribution in [0.4, 0.5) is 0 Å². The average Bonchev–Trinajstić information content (AvgIpc) is 2.15. The average molecular weight is 189 g/mol. The van der Waals surface area contributed by atoms with E-state index in [0.717, 1.165) is 5.56 Å². The zero-order chi connectivity index (χ0) is 10.6. The van der Waals surface area contributed by atoms with E-state index in [4.69, 9.17) is 0 Å². The largest absolute Gasteiger partial charge is 0.235 e. The van der Waals surface area contributed by atoms with Crippen LogP contribution in [-0.4, -0.2) is 6.08 Å². The van der Waals surface area contributed by atoms with Crippen LogP contribution in [0, 0.1) is 12.8 Å². The predicted molar refractivity (Wildman–Crippen MR) is 56.9 cm³/mol. The summed E-state index contributed by atoms with van der Waals surface area (Å²) in [7, 11) is 0. The summed E-state index contributed by atoms with van der Waals surface area (Å²) in [4.78, 5) is 14.1. The van der Waals surface area contributed by atoms with Gasteiger partial charge in [0.05, 0.1) is 6.04 Å². The number of rotatable bonds is 3. The van der Waals surface area contributed by atoms with Gasteiger partial charge >= 0.3 is 0 Å². The Bertz CT molecular complexity index is 334. The van der Waals surface area contributed by atoms with Gasteiger partial charge in [0.25, 0.3) is 0 Å². The molecule has 0 bridgehead atoms. The van der Waals surface area contributed by atoms with Gasteiger partial charge in [-0.2, -0.15) is 4.99 Å². The first-order valence-electron chi connectivity index (χ1n) is 4.78. The molecule has 0 heterocycles. The maximum atomic E-state index is 10.3. The lowest BCUT2D eigenvalue weighted by Crippen LogP contribution is -2.03. The fourth-order valence-electron chi connectivity index (χ4n) is 1.43. The van der Waals surface area contributed by atoms with Gasteiger partial charge in [-0.05, 0) is 18.4 Å². The number of benzene rings is 1. The molecule has 0 amide bonds. The van der Waals surface area contributed by atoms with Crippen molar-refractivity contribution in [2.45, 2.75) is 26.8 Å². The Morgan fingerprint density at radius 3 is 2.21 bits per heavy atom. The van der Waals surface area contributed by atoms with E-state index in [-0.39, 0.29) is 6.04 Å². The van der Waals surface area contributed by atoms with Crippen molar-refractivity contribution in [2.75, 3.05) is 0 Å². The molecule has 0 aliphatic carbocycles. The molecule has 74 valence electrons. The molecule has 1 unspecified atom stereocenters. The number of hydrogen-bond acceptors (Lipinski definition) is 2. The minimum Gasteiger partial charge on any atom is -0.211 e. The smallest absolute Gasteiger partial charge is 0.211 e. The maximum Gasteiger partial charge on any atom is 0.235 e. The van der Waals surface area contributed by atoms with Crippen molar-refractivity contribution in [3.8, 4) is 0 Å². The first kappa shape index (κ1) is 10.7. The van der Waals surface area contributed by atoms with Crippen LogP contribution in [0.15, 0.2) is 29.3 Å². The van der Waals surface area contributed by atoms with Crippen LogP contribution < -0.4 is 0 Å². The Morgan fingerprint density at radius 1 is 1.21 bits per heavy atom. The topological polar surface area (TPSA) is 29.4 Å². The standard InChI is InChI=1S/C12H15NO/c1-9(2)12(13-8-14)11-6-4-10(3)5-7-11/h4-7,9,12H,1-3H3. The fourth-order valence-corrected chi connectivity index (χ4v) is 1.43. The summed E-state index contributed by atoms with van der Waals surface area (Å²) < 4.78 is 0. The van der Waals surface area contributed by atoms with Crippen molar-refractivity contribution in [2.24, 2.45) is 10.9 Å². The molecule has 0 fully saturated rings. The van der Waals surface area contributed by atoms with Crippen LogP contribution in [-0.2, 0) is 4.79 Å². The van der Waals surface area contributed by atoms with Gasteiger partial charge in [0.1, 0.15) is 0 Å². The summed E-state index contributed by atoms with van der Waals surface area (Å²) in [5.74, 6) is 0.319. The van der Waals surface area contributed by atoms with Crippen molar-refractivity contribution >= 4 is 6.08 Å². The second-order valence-electron chi connectivity index (χ2n) is 3.82. The maximum absolute atomic E-state index is 10.3. The van der Waals surface area contributed by atoms with Crippen LogP contribution in [0.25, 0.3) is 0 Å². The molecule has 0 saturated heterocycles. The molecule has 0 radical (unpaired) electrons. The second kappa shape index (κ2) is 4.73. The number of carbonyl (C=O) groups excluding carboxylic acids is 1.